The van der Waals surface area contributed by atoms with E-state index in [1.807, 2.05) is 19.1 Å². The molecule has 1 saturated heterocycles. The van der Waals surface area contributed by atoms with Crippen molar-refractivity contribution in [3.63, 3.8) is 0 Å². The van der Waals surface area contributed by atoms with Crippen LogP contribution in [0.4, 0.5) is 5.69 Å². The van der Waals surface area contributed by atoms with Gasteiger partial charge in [0.15, 0.2) is 0 Å². The SMILES string of the molecule is COc1ccc(CNC(=O)C2COC(C)C2)cc1N. The first-order valence-corrected chi connectivity index (χ1v) is 6.42. The number of benzene rings is 1. The fourth-order valence-corrected chi connectivity index (χ4v) is 2.23. The van der Waals surface area contributed by atoms with Crippen LogP contribution in [-0.2, 0) is 16.1 Å². The Hall–Kier alpha value is -1.75. The molecule has 5 heteroatoms. The second-order valence-corrected chi connectivity index (χ2v) is 4.87. The van der Waals surface area contributed by atoms with Crippen molar-refractivity contribution in [1.82, 2.24) is 5.32 Å². The summed E-state index contributed by atoms with van der Waals surface area (Å²) in [6.45, 7) is 2.97. The van der Waals surface area contributed by atoms with Gasteiger partial charge in [0.05, 0.1) is 31.4 Å². The monoisotopic (exact) mass is 264 g/mol. The summed E-state index contributed by atoms with van der Waals surface area (Å²) in [4.78, 5) is 11.9. The Bertz CT molecular complexity index is 462. The zero-order valence-electron chi connectivity index (χ0n) is 11.3. The maximum absolute atomic E-state index is 11.9. The molecule has 0 radical (unpaired) electrons. The molecule has 19 heavy (non-hydrogen) atoms. The molecule has 104 valence electrons. The highest BCUT2D eigenvalue weighted by Crippen LogP contribution is 2.22. The normalized spacial score (nSPS) is 22.2. The van der Waals surface area contributed by atoms with E-state index in [9.17, 15) is 4.79 Å². The molecule has 1 fully saturated rings. The van der Waals surface area contributed by atoms with Gasteiger partial charge in [0.25, 0.3) is 0 Å². The highest BCUT2D eigenvalue weighted by atomic mass is 16.5. The zero-order valence-corrected chi connectivity index (χ0v) is 11.3. The van der Waals surface area contributed by atoms with Gasteiger partial charge in [-0.1, -0.05) is 6.07 Å². The first kappa shape index (κ1) is 13.7. The molecule has 0 spiro atoms. The van der Waals surface area contributed by atoms with E-state index in [0.717, 1.165) is 12.0 Å². The number of rotatable bonds is 4. The Morgan fingerprint density at radius 3 is 2.95 bits per heavy atom. The number of ether oxygens (including phenoxy) is 2. The van der Waals surface area contributed by atoms with Gasteiger partial charge in [-0.05, 0) is 31.0 Å². The number of hydrogen-bond acceptors (Lipinski definition) is 4. The lowest BCUT2D eigenvalue weighted by atomic mass is 10.1. The third-order valence-corrected chi connectivity index (χ3v) is 3.33. The molecule has 0 aliphatic carbocycles. The van der Waals surface area contributed by atoms with Crippen molar-refractivity contribution in [1.29, 1.82) is 0 Å². The second-order valence-electron chi connectivity index (χ2n) is 4.87. The van der Waals surface area contributed by atoms with Crippen LogP contribution in [0.2, 0.25) is 0 Å². The first-order valence-electron chi connectivity index (χ1n) is 6.42. The third kappa shape index (κ3) is 3.38. The van der Waals surface area contributed by atoms with E-state index in [1.54, 1.807) is 13.2 Å². The molecule has 1 heterocycles. The fourth-order valence-electron chi connectivity index (χ4n) is 2.23. The second kappa shape index (κ2) is 5.93. The van der Waals surface area contributed by atoms with Crippen LogP contribution in [0.25, 0.3) is 0 Å². The van der Waals surface area contributed by atoms with Crippen LogP contribution in [0.15, 0.2) is 18.2 Å². The Labute approximate surface area is 113 Å². The minimum absolute atomic E-state index is 0.0365. The number of carbonyl (C=O) groups is 1. The Balaban J connectivity index is 1.88. The standard InChI is InChI=1S/C14H20N2O3/c1-9-5-11(8-19-9)14(17)16-7-10-3-4-13(18-2)12(15)6-10/h3-4,6,9,11H,5,7-8,15H2,1-2H3,(H,16,17). The van der Waals surface area contributed by atoms with Crippen molar-refractivity contribution in [3.05, 3.63) is 23.8 Å². The molecule has 1 aromatic rings. The lowest BCUT2D eigenvalue weighted by Gasteiger charge is -2.11. The van der Waals surface area contributed by atoms with E-state index in [-0.39, 0.29) is 17.9 Å². The van der Waals surface area contributed by atoms with Crippen molar-refractivity contribution >= 4 is 11.6 Å². The number of amides is 1. The molecular weight excluding hydrogens is 244 g/mol. The number of nitrogens with one attached hydrogen (secondary N) is 1. The van der Waals surface area contributed by atoms with Gasteiger partial charge >= 0.3 is 0 Å². The molecule has 2 unspecified atom stereocenters. The first-order chi connectivity index (χ1) is 9.10. The molecule has 0 bridgehead atoms. The molecule has 0 aromatic heterocycles. The van der Waals surface area contributed by atoms with Crippen LogP contribution in [0.1, 0.15) is 18.9 Å². The van der Waals surface area contributed by atoms with Crippen LogP contribution in [0.5, 0.6) is 5.75 Å². The summed E-state index contributed by atoms with van der Waals surface area (Å²) in [5.41, 5.74) is 7.35. The van der Waals surface area contributed by atoms with Gasteiger partial charge in [-0.3, -0.25) is 4.79 Å². The lowest BCUT2D eigenvalue weighted by Crippen LogP contribution is -2.30. The maximum atomic E-state index is 11.9. The van der Waals surface area contributed by atoms with Gasteiger partial charge in [0.2, 0.25) is 5.91 Å². The van der Waals surface area contributed by atoms with E-state index >= 15 is 0 Å². The summed E-state index contributed by atoms with van der Waals surface area (Å²) in [5.74, 6) is 0.650. The smallest absolute Gasteiger partial charge is 0.225 e. The largest absolute Gasteiger partial charge is 0.495 e. The number of carbonyl (C=O) groups excluding carboxylic acids is 1. The third-order valence-electron chi connectivity index (χ3n) is 3.33. The average Bonchev–Trinajstić information content (AvgIpc) is 2.83. The lowest BCUT2D eigenvalue weighted by molar-refractivity contribution is -0.125. The van der Waals surface area contributed by atoms with Crippen LogP contribution >= 0.6 is 0 Å². The predicted octanol–water partition coefficient (Wildman–Crippen LogP) is 1.32. The number of anilines is 1. The highest BCUT2D eigenvalue weighted by molar-refractivity contribution is 5.79. The molecule has 5 nitrogen and oxygen atoms in total. The van der Waals surface area contributed by atoms with Crippen molar-refractivity contribution in [3.8, 4) is 5.75 Å². The molecule has 1 aliphatic rings. The number of nitrogens with two attached hydrogens (primary N) is 1. The van der Waals surface area contributed by atoms with Crippen molar-refractivity contribution in [2.45, 2.75) is 26.0 Å². The summed E-state index contributed by atoms with van der Waals surface area (Å²) in [7, 11) is 1.58. The van der Waals surface area contributed by atoms with Gasteiger partial charge in [0, 0.05) is 6.54 Å². The van der Waals surface area contributed by atoms with Gasteiger partial charge in [-0.2, -0.15) is 0 Å². The van der Waals surface area contributed by atoms with E-state index in [0.29, 0.717) is 24.6 Å². The summed E-state index contributed by atoms with van der Waals surface area (Å²) >= 11 is 0. The molecule has 2 rings (SSSR count). The molecule has 3 N–H and O–H groups in total. The molecule has 1 amide bonds. The quantitative estimate of drug-likeness (QED) is 0.804. The number of methoxy groups -OCH3 is 1. The molecule has 1 aromatic carbocycles. The molecule has 2 atom stereocenters. The topological polar surface area (TPSA) is 73.6 Å². The van der Waals surface area contributed by atoms with Gasteiger partial charge < -0.3 is 20.5 Å². The fraction of sp³-hybridized carbons (Fsp3) is 0.500. The summed E-state index contributed by atoms with van der Waals surface area (Å²) in [5, 5.41) is 2.91. The van der Waals surface area contributed by atoms with Crippen LogP contribution < -0.4 is 15.8 Å². The van der Waals surface area contributed by atoms with E-state index in [2.05, 4.69) is 5.32 Å². The number of hydrogen-bond donors (Lipinski definition) is 2. The van der Waals surface area contributed by atoms with Gasteiger partial charge in [-0.25, -0.2) is 0 Å². The van der Waals surface area contributed by atoms with Crippen molar-refractivity contribution < 1.29 is 14.3 Å². The van der Waals surface area contributed by atoms with Crippen LogP contribution in [0.3, 0.4) is 0 Å². The summed E-state index contributed by atoms with van der Waals surface area (Å²) in [6.07, 6.45) is 0.962. The number of nitrogen functional groups attached to an aromatic ring is 1. The minimum atomic E-state index is -0.0365. The highest BCUT2D eigenvalue weighted by Gasteiger charge is 2.27. The summed E-state index contributed by atoms with van der Waals surface area (Å²) in [6, 6.07) is 5.51. The average molecular weight is 264 g/mol. The van der Waals surface area contributed by atoms with Gasteiger partial charge in [-0.15, -0.1) is 0 Å². The van der Waals surface area contributed by atoms with Crippen molar-refractivity contribution in [2.24, 2.45) is 5.92 Å². The molecule has 0 saturated carbocycles. The van der Waals surface area contributed by atoms with Crippen LogP contribution in [-0.4, -0.2) is 25.7 Å². The zero-order chi connectivity index (χ0) is 13.8. The minimum Gasteiger partial charge on any atom is -0.495 e. The van der Waals surface area contributed by atoms with Gasteiger partial charge in [0.1, 0.15) is 5.75 Å². The Kier molecular flexibility index (Phi) is 4.27. The predicted molar refractivity (Wildman–Crippen MR) is 72.8 cm³/mol. The van der Waals surface area contributed by atoms with Crippen LogP contribution in [0, 0.1) is 5.92 Å². The Morgan fingerprint density at radius 2 is 2.37 bits per heavy atom. The van der Waals surface area contributed by atoms with Crippen molar-refractivity contribution in [2.75, 3.05) is 19.5 Å². The molecule has 1 aliphatic heterocycles. The molecular formula is C14H20N2O3. The Morgan fingerprint density at radius 1 is 1.58 bits per heavy atom. The van der Waals surface area contributed by atoms with E-state index in [1.165, 1.54) is 0 Å². The van der Waals surface area contributed by atoms with E-state index < -0.39 is 0 Å². The maximum Gasteiger partial charge on any atom is 0.225 e. The van der Waals surface area contributed by atoms with E-state index in [4.69, 9.17) is 15.2 Å². The summed E-state index contributed by atoms with van der Waals surface area (Å²) < 4.78 is 10.5.